The van der Waals surface area contributed by atoms with E-state index in [9.17, 15) is 18.0 Å². The van der Waals surface area contributed by atoms with Crippen molar-refractivity contribution in [2.75, 3.05) is 23.8 Å². The molecule has 8 nitrogen and oxygen atoms in total. The number of nitrogens with one attached hydrogen (secondary N) is 1. The van der Waals surface area contributed by atoms with Gasteiger partial charge in [0.25, 0.3) is 10.0 Å². The van der Waals surface area contributed by atoms with Gasteiger partial charge in [-0.1, -0.05) is 12.1 Å². The van der Waals surface area contributed by atoms with E-state index in [0.29, 0.717) is 5.75 Å². The second-order valence-electron chi connectivity index (χ2n) is 5.76. The number of carbonyl (C=O) groups is 2. The fraction of sp³-hybridized carbons (Fsp3) is 0.222. The molecule has 0 aliphatic carbocycles. The summed E-state index contributed by atoms with van der Waals surface area (Å²) in [4.78, 5) is 25.0. The van der Waals surface area contributed by atoms with Gasteiger partial charge in [0.15, 0.2) is 0 Å². The van der Waals surface area contributed by atoms with Crippen molar-refractivity contribution >= 4 is 33.2 Å². The molecule has 0 atom stereocenters. The number of imide groups is 1. The minimum atomic E-state index is -3.99. The van der Waals surface area contributed by atoms with Crippen molar-refractivity contribution in [1.29, 1.82) is 0 Å². The van der Waals surface area contributed by atoms with E-state index in [1.165, 1.54) is 32.4 Å². The molecule has 0 bridgehead atoms. The van der Waals surface area contributed by atoms with E-state index < -0.39 is 21.8 Å². The van der Waals surface area contributed by atoms with Crippen LogP contribution in [0.1, 0.15) is 12.8 Å². The number of amides is 2. The van der Waals surface area contributed by atoms with Crippen molar-refractivity contribution in [3.05, 3.63) is 42.5 Å². The largest absolute Gasteiger partial charge is 0.495 e. The summed E-state index contributed by atoms with van der Waals surface area (Å²) in [6, 6.07) is 10.6. The summed E-state index contributed by atoms with van der Waals surface area (Å²) in [7, 11) is -1.18. The van der Waals surface area contributed by atoms with Gasteiger partial charge in [-0.25, -0.2) is 13.3 Å². The van der Waals surface area contributed by atoms with Gasteiger partial charge in [-0.05, 0) is 30.3 Å². The van der Waals surface area contributed by atoms with Crippen molar-refractivity contribution < 1.29 is 27.5 Å². The Hall–Kier alpha value is -3.07. The molecular formula is C18H18N2O6S. The number of hydrogen-bond donors (Lipinski definition) is 1. The van der Waals surface area contributed by atoms with E-state index in [1.807, 2.05) is 0 Å². The molecule has 1 fully saturated rings. The number of ether oxygens (including phenoxy) is 2. The zero-order valence-electron chi connectivity index (χ0n) is 14.8. The first-order valence-corrected chi connectivity index (χ1v) is 9.55. The average molecular weight is 390 g/mol. The van der Waals surface area contributed by atoms with Crippen molar-refractivity contribution in [2.24, 2.45) is 0 Å². The first-order valence-electron chi connectivity index (χ1n) is 8.07. The van der Waals surface area contributed by atoms with E-state index in [1.54, 1.807) is 24.3 Å². The molecule has 0 saturated carbocycles. The summed E-state index contributed by atoms with van der Waals surface area (Å²) < 4.78 is 38.4. The van der Waals surface area contributed by atoms with E-state index in [-0.39, 0.29) is 34.9 Å². The van der Waals surface area contributed by atoms with Crippen LogP contribution in [0.25, 0.3) is 0 Å². The predicted molar refractivity (Wildman–Crippen MR) is 98.5 cm³/mol. The minimum absolute atomic E-state index is 0.0818. The molecule has 1 heterocycles. The molecule has 9 heteroatoms. The van der Waals surface area contributed by atoms with Gasteiger partial charge in [-0.2, -0.15) is 0 Å². The zero-order chi connectivity index (χ0) is 19.6. The van der Waals surface area contributed by atoms with Crippen LogP contribution in [0.2, 0.25) is 0 Å². The maximum Gasteiger partial charge on any atom is 0.262 e. The number of rotatable bonds is 6. The number of para-hydroxylation sites is 2. The van der Waals surface area contributed by atoms with Crippen LogP contribution in [0.15, 0.2) is 47.4 Å². The first-order chi connectivity index (χ1) is 12.9. The van der Waals surface area contributed by atoms with Crippen LogP contribution in [-0.2, 0) is 19.6 Å². The number of benzene rings is 2. The highest BCUT2D eigenvalue weighted by molar-refractivity contribution is 7.92. The Kier molecular flexibility index (Phi) is 5.04. The molecule has 2 amide bonds. The van der Waals surface area contributed by atoms with Gasteiger partial charge < -0.3 is 9.47 Å². The number of carbonyl (C=O) groups excluding carboxylic acids is 2. The number of sulfonamides is 1. The molecule has 1 aliphatic rings. The lowest BCUT2D eigenvalue weighted by Gasteiger charge is -2.19. The van der Waals surface area contributed by atoms with E-state index in [0.717, 1.165) is 4.90 Å². The van der Waals surface area contributed by atoms with E-state index in [2.05, 4.69) is 4.72 Å². The standard InChI is InChI=1S/C18H18N2O6S/c1-25-15-6-4-3-5-13(15)19-27(23,24)12-7-8-16(26-2)14(11-12)20-17(21)9-10-18(20)22/h3-8,11,19H,9-10H2,1-2H3. The molecule has 1 saturated heterocycles. The highest BCUT2D eigenvalue weighted by atomic mass is 32.2. The topological polar surface area (TPSA) is 102 Å². The van der Waals surface area contributed by atoms with Crippen molar-refractivity contribution in [3.8, 4) is 11.5 Å². The molecule has 2 aromatic carbocycles. The van der Waals surface area contributed by atoms with Crippen LogP contribution in [0.4, 0.5) is 11.4 Å². The quantitative estimate of drug-likeness (QED) is 0.759. The lowest BCUT2D eigenvalue weighted by Crippen LogP contribution is -2.29. The summed E-state index contributed by atoms with van der Waals surface area (Å²) in [5.74, 6) is -0.203. The Balaban J connectivity index is 2.02. The molecule has 1 N–H and O–H groups in total. The lowest BCUT2D eigenvalue weighted by atomic mass is 10.2. The Morgan fingerprint density at radius 2 is 1.56 bits per heavy atom. The molecule has 0 unspecified atom stereocenters. The summed E-state index contributed by atoms with van der Waals surface area (Å²) in [6.45, 7) is 0. The van der Waals surface area contributed by atoms with Crippen molar-refractivity contribution in [2.45, 2.75) is 17.7 Å². The number of nitrogens with zero attached hydrogens (tertiary/aromatic N) is 1. The third kappa shape index (κ3) is 3.59. The highest BCUT2D eigenvalue weighted by Gasteiger charge is 2.33. The van der Waals surface area contributed by atoms with Crippen LogP contribution in [0.5, 0.6) is 11.5 Å². The van der Waals surface area contributed by atoms with Gasteiger partial charge in [0.2, 0.25) is 11.8 Å². The number of anilines is 2. The predicted octanol–water partition coefficient (Wildman–Crippen LogP) is 2.16. The Morgan fingerprint density at radius 3 is 2.19 bits per heavy atom. The average Bonchev–Trinajstić information content (AvgIpc) is 2.99. The number of methoxy groups -OCH3 is 2. The summed E-state index contributed by atoms with van der Waals surface area (Å²) >= 11 is 0. The molecule has 0 radical (unpaired) electrons. The minimum Gasteiger partial charge on any atom is -0.495 e. The molecular weight excluding hydrogens is 372 g/mol. The SMILES string of the molecule is COc1ccccc1NS(=O)(=O)c1ccc(OC)c(N2C(=O)CCC2=O)c1. The van der Waals surface area contributed by atoms with Gasteiger partial charge in [-0.15, -0.1) is 0 Å². The monoisotopic (exact) mass is 390 g/mol. The second-order valence-corrected chi connectivity index (χ2v) is 7.44. The van der Waals surface area contributed by atoms with Gasteiger partial charge in [0.05, 0.1) is 30.5 Å². The maximum absolute atomic E-state index is 12.8. The smallest absolute Gasteiger partial charge is 0.262 e. The molecule has 1 aliphatic heterocycles. The first kappa shape index (κ1) is 18.7. The maximum atomic E-state index is 12.8. The van der Waals surface area contributed by atoms with E-state index in [4.69, 9.17) is 9.47 Å². The van der Waals surface area contributed by atoms with Gasteiger partial charge >= 0.3 is 0 Å². The summed E-state index contributed by atoms with van der Waals surface area (Å²) in [5, 5.41) is 0. The van der Waals surface area contributed by atoms with Gasteiger partial charge in [0.1, 0.15) is 11.5 Å². The van der Waals surface area contributed by atoms with Crippen LogP contribution < -0.4 is 19.1 Å². The summed E-state index contributed by atoms with van der Waals surface area (Å²) in [6.07, 6.45) is 0.164. The van der Waals surface area contributed by atoms with E-state index >= 15 is 0 Å². The molecule has 0 spiro atoms. The highest BCUT2D eigenvalue weighted by Crippen LogP contribution is 2.35. The third-order valence-electron chi connectivity index (χ3n) is 4.10. The zero-order valence-corrected chi connectivity index (χ0v) is 15.6. The molecule has 3 rings (SSSR count). The fourth-order valence-corrected chi connectivity index (χ4v) is 3.88. The van der Waals surface area contributed by atoms with Crippen molar-refractivity contribution in [1.82, 2.24) is 0 Å². The third-order valence-corrected chi connectivity index (χ3v) is 5.47. The molecule has 2 aromatic rings. The van der Waals surface area contributed by atoms with Crippen LogP contribution in [0, 0.1) is 0 Å². The number of hydrogen-bond acceptors (Lipinski definition) is 6. The normalized spacial score (nSPS) is 14.4. The van der Waals surface area contributed by atoms with Gasteiger partial charge in [0, 0.05) is 12.8 Å². The van der Waals surface area contributed by atoms with Crippen LogP contribution >= 0.6 is 0 Å². The van der Waals surface area contributed by atoms with Crippen molar-refractivity contribution in [3.63, 3.8) is 0 Å². The summed E-state index contributed by atoms with van der Waals surface area (Å²) in [5.41, 5.74) is 0.374. The Labute approximate surface area is 156 Å². The lowest BCUT2D eigenvalue weighted by molar-refractivity contribution is -0.121. The van der Waals surface area contributed by atoms with Gasteiger partial charge in [-0.3, -0.25) is 14.3 Å². The molecule has 0 aromatic heterocycles. The molecule has 142 valence electrons. The second kappa shape index (κ2) is 7.28. The van der Waals surface area contributed by atoms with Crippen LogP contribution in [0.3, 0.4) is 0 Å². The van der Waals surface area contributed by atoms with Crippen LogP contribution in [-0.4, -0.2) is 34.5 Å². The fourth-order valence-electron chi connectivity index (χ4n) is 2.79. The molecule has 27 heavy (non-hydrogen) atoms. The Bertz CT molecular complexity index is 987. The Morgan fingerprint density at radius 1 is 0.926 bits per heavy atom.